The third-order valence-corrected chi connectivity index (χ3v) is 2.20. The molecular weight excluding hydrogens is 218 g/mol. The van der Waals surface area contributed by atoms with Crippen LogP contribution >= 0.6 is 0 Å². The normalized spacial score (nSPS) is 10.2. The number of aromatic carboxylic acids is 1. The van der Waals surface area contributed by atoms with Gasteiger partial charge in [0.15, 0.2) is 0 Å². The van der Waals surface area contributed by atoms with Crippen LogP contribution in [0.5, 0.6) is 0 Å². The molecule has 0 aliphatic carbocycles. The van der Waals surface area contributed by atoms with Gasteiger partial charge >= 0.3 is 5.97 Å². The molecule has 4 heteroatoms. The second kappa shape index (κ2) is 5.65. The molecular formula is C13H13NO3. The summed E-state index contributed by atoms with van der Waals surface area (Å²) in [5.41, 5.74) is 1.42. The minimum atomic E-state index is -1.03. The Balaban J connectivity index is 3.18. The van der Waals surface area contributed by atoms with Gasteiger partial charge in [0.25, 0.3) is 0 Å². The number of carboxylic acids is 1. The maximum Gasteiger partial charge on any atom is 0.336 e. The lowest BCUT2D eigenvalue weighted by molar-refractivity contribution is -0.115. The van der Waals surface area contributed by atoms with Crippen LogP contribution < -0.4 is 5.32 Å². The van der Waals surface area contributed by atoms with Crippen LogP contribution in [0.15, 0.2) is 30.9 Å². The lowest BCUT2D eigenvalue weighted by Crippen LogP contribution is -2.14. The Kier molecular flexibility index (Phi) is 4.22. The zero-order chi connectivity index (χ0) is 12.8. The number of carbonyl (C=O) groups is 2. The summed E-state index contributed by atoms with van der Waals surface area (Å²) in [5.74, 6) is -1.32. The topological polar surface area (TPSA) is 66.4 Å². The molecule has 0 aliphatic heterocycles. The molecule has 0 aliphatic rings. The van der Waals surface area contributed by atoms with Gasteiger partial charge in [0.2, 0.25) is 5.91 Å². The average molecular weight is 231 g/mol. The molecule has 0 unspecified atom stereocenters. The van der Waals surface area contributed by atoms with Crippen LogP contribution in [0.1, 0.15) is 21.5 Å². The number of amides is 1. The van der Waals surface area contributed by atoms with Gasteiger partial charge in [-0.15, -0.1) is 0 Å². The number of nitrogens with one attached hydrogen (secondary N) is 1. The maximum absolute atomic E-state index is 11.1. The van der Waals surface area contributed by atoms with E-state index in [1.165, 1.54) is 25.3 Å². The van der Waals surface area contributed by atoms with Crippen molar-refractivity contribution in [3.63, 3.8) is 0 Å². The van der Waals surface area contributed by atoms with Gasteiger partial charge in [0.1, 0.15) is 0 Å². The Morgan fingerprint density at radius 2 is 2.12 bits per heavy atom. The molecule has 88 valence electrons. The quantitative estimate of drug-likeness (QED) is 0.776. The van der Waals surface area contributed by atoms with Gasteiger partial charge < -0.3 is 10.4 Å². The summed E-state index contributed by atoms with van der Waals surface area (Å²) in [6, 6.07) is 4.81. The van der Waals surface area contributed by atoms with Crippen molar-refractivity contribution in [1.82, 2.24) is 5.32 Å². The highest BCUT2D eigenvalue weighted by atomic mass is 16.4. The summed E-state index contributed by atoms with van der Waals surface area (Å²) < 4.78 is 0. The summed E-state index contributed by atoms with van der Waals surface area (Å²) in [5, 5.41) is 11.4. The number of hydrogen-bond donors (Lipinski definition) is 2. The zero-order valence-corrected chi connectivity index (χ0v) is 9.43. The smallest absolute Gasteiger partial charge is 0.336 e. The van der Waals surface area contributed by atoms with E-state index < -0.39 is 5.97 Å². The first-order valence-electron chi connectivity index (χ1n) is 4.98. The average Bonchev–Trinajstić information content (AvgIpc) is 2.35. The van der Waals surface area contributed by atoms with Crippen LogP contribution in [0.2, 0.25) is 0 Å². The molecule has 1 aromatic carbocycles. The predicted molar refractivity (Wildman–Crippen MR) is 66.6 cm³/mol. The molecule has 4 nitrogen and oxygen atoms in total. The first-order chi connectivity index (χ1) is 8.08. The molecule has 0 radical (unpaired) electrons. The van der Waals surface area contributed by atoms with E-state index >= 15 is 0 Å². The van der Waals surface area contributed by atoms with Crippen LogP contribution in [0, 0.1) is 0 Å². The summed E-state index contributed by atoms with van der Waals surface area (Å²) in [7, 11) is 1.50. The Labute approximate surface area is 99.3 Å². The van der Waals surface area contributed by atoms with Crippen molar-refractivity contribution in [1.29, 1.82) is 0 Å². The van der Waals surface area contributed by atoms with Gasteiger partial charge in [-0.3, -0.25) is 4.79 Å². The zero-order valence-electron chi connectivity index (χ0n) is 9.43. The van der Waals surface area contributed by atoms with Crippen molar-refractivity contribution in [2.45, 2.75) is 0 Å². The standard InChI is InChI=1S/C13H13NO3/c1-3-9-4-6-11(13(16)17)10(8-9)5-7-12(15)14-2/h3-8H,1H2,2H3,(H,14,15)(H,16,17)/b7-5+. The largest absolute Gasteiger partial charge is 0.478 e. The Morgan fingerprint density at radius 3 is 2.65 bits per heavy atom. The number of hydrogen-bond acceptors (Lipinski definition) is 2. The minimum Gasteiger partial charge on any atom is -0.478 e. The Hall–Kier alpha value is -2.36. The third-order valence-electron chi connectivity index (χ3n) is 2.20. The van der Waals surface area contributed by atoms with E-state index in [0.29, 0.717) is 5.56 Å². The van der Waals surface area contributed by atoms with E-state index in [4.69, 9.17) is 5.11 Å². The number of rotatable bonds is 4. The summed E-state index contributed by atoms with van der Waals surface area (Å²) in [6.07, 6.45) is 4.37. The number of likely N-dealkylation sites (N-methyl/N-ethyl adjacent to an activating group) is 1. The highest BCUT2D eigenvalue weighted by Crippen LogP contribution is 2.15. The van der Waals surface area contributed by atoms with E-state index in [0.717, 1.165) is 5.56 Å². The summed E-state index contributed by atoms with van der Waals surface area (Å²) in [4.78, 5) is 22.0. The minimum absolute atomic E-state index is 0.149. The van der Waals surface area contributed by atoms with Crippen molar-refractivity contribution in [3.8, 4) is 0 Å². The van der Waals surface area contributed by atoms with Crippen molar-refractivity contribution >= 4 is 24.0 Å². The molecule has 0 bridgehead atoms. The van der Waals surface area contributed by atoms with E-state index in [2.05, 4.69) is 11.9 Å². The highest BCUT2D eigenvalue weighted by Gasteiger charge is 2.08. The van der Waals surface area contributed by atoms with Gasteiger partial charge in [-0.25, -0.2) is 4.79 Å². The SMILES string of the molecule is C=Cc1ccc(C(=O)O)c(/C=C/C(=O)NC)c1. The van der Waals surface area contributed by atoms with Crippen molar-refractivity contribution in [2.75, 3.05) is 7.05 Å². The Morgan fingerprint density at radius 1 is 1.41 bits per heavy atom. The van der Waals surface area contributed by atoms with Gasteiger partial charge in [-0.2, -0.15) is 0 Å². The number of carbonyl (C=O) groups excluding carboxylic acids is 1. The van der Waals surface area contributed by atoms with Gasteiger partial charge in [0.05, 0.1) is 5.56 Å². The van der Waals surface area contributed by atoms with E-state index in [1.54, 1.807) is 18.2 Å². The van der Waals surface area contributed by atoms with Crippen LogP contribution in [0.4, 0.5) is 0 Å². The molecule has 0 saturated carbocycles. The second-order valence-corrected chi connectivity index (χ2v) is 3.30. The molecule has 0 saturated heterocycles. The molecule has 0 fully saturated rings. The molecule has 1 rings (SSSR count). The van der Waals surface area contributed by atoms with E-state index in [9.17, 15) is 9.59 Å². The fourth-order valence-electron chi connectivity index (χ4n) is 1.29. The predicted octanol–water partition coefficient (Wildman–Crippen LogP) is 1.79. The second-order valence-electron chi connectivity index (χ2n) is 3.30. The van der Waals surface area contributed by atoms with Crippen LogP contribution in [-0.4, -0.2) is 24.0 Å². The van der Waals surface area contributed by atoms with Crippen molar-refractivity contribution in [2.24, 2.45) is 0 Å². The van der Waals surface area contributed by atoms with Crippen molar-refractivity contribution < 1.29 is 14.7 Å². The molecule has 17 heavy (non-hydrogen) atoms. The molecule has 0 heterocycles. The number of benzene rings is 1. The van der Waals surface area contributed by atoms with Gasteiger partial charge in [-0.05, 0) is 29.3 Å². The van der Waals surface area contributed by atoms with Crippen LogP contribution in [-0.2, 0) is 4.79 Å². The molecule has 1 aromatic rings. The highest BCUT2D eigenvalue weighted by molar-refractivity contribution is 5.96. The van der Waals surface area contributed by atoms with Crippen LogP contribution in [0.25, 0.3) is 12.2 Å². The first-order valence-corrected chi connectivity index (χ1v) is 4.98. The van der Waals surface area contributed by atoms with Crippen LogP contribution in [0.3, 0.4) is 0 Å². The molecule has 1 amide bonds. The van der Waals surface area contributed by atoms with Gasteiger partial charge in [-0.1, -0.05) is 18.7 Å². The van der Waals surface area contributed by atoms with Gasteiger partial charge in [0, 0.05) is 13.1 Å². The monoisotopic (exact) mass is 231 g/mol. The summed E-state index contributed by atoms with van der Waals surface area (Å²) >= 11 is 0. The fraction of sp³-hybridized carbons (Fsp3) is 0.0769. The summed E-state index contributed by atoms with van der Waals surface area (Å²) in [6.45, 7) is 3.61. The van der Waals surface area contributed by atoms with E-state index in [-0.39, 0.29) is 11.5 Å². The molecule has 0 atom stereocenters. The fourth-order valence-corrected chi connectivity index (χ4v) is 1.29. The molecule has 2 N–H and O–H groups in total. The van der Waals surface area contributed by atoms with E-state index in [1.807, 2.05) is 0 Å². The molecule has 0 spiro atoms. The lowest BCUT2D eigenvalue weighted by Gasteiger charge is -2.02. The maximum atomic E-state index is 11.1. The lowest BCUT2D eigenvalue weighted by atomic mass is 10.0. The number of carboxylic acid groups (broad SMARTS) is 1. The Bertz CT molecular complexity index is 489. The van der Waals surface area contributed by atoms with Crippen molar-refractivity contribution in [3.05, 3.63) is 47.5 Å². The first kappa shape index (κ1) is 12.7. The third kappa shape index (κ3) is 3.31. The molecule has 0 aromatic heterocycles.